The van der Waals surface area contributed by atoms with Crippen LogP contribution in [0.25, 0.3) is 6.08 Å². The Kier molecular flexibility index (Phi) is 5.91. The molecule has 0 N–H and O–H groups in total. The van der Waals surface area contributed by atoms with E-state index in [9.17, 15) is 9.59 Å². The summed E-state index contributed by atoms with van der Waals surface area (Å²) in [7, 11) is 1.32. The van der Waals surface area contributed by atoms with Crippen molar-refractivity contribution in [2.45, 2.75) is 19.9 Å². The predicted octanol–water partition coefficient (Wildman–Crippen LogP) is 3.14. The van der Waals surface area contributed by atoms with Crippen molar-refractivity contribution in [2.24, 2.45) is 0 Å². The van der Waals surface area contributed by atoms with Crippen LogP contribution in [-0.4, -0.2) is 37.0 Å². The highest BCUT2D eigenvalue weighted by molar-refractivity contribution is 5.93. The van der Waals surface area contributed by atoms with Gasteiger partial charge in [0.25, 0.3) is 0 Å². The number of hydrogen-bond acceptors (Lipinski definition) is 4. The minimum Gasteiger partial charge on any atom is -0.493 e. The van der Waals surface area contributed by atoms with E-state index >= 15 is 0 Å². The number of benzene rings is 2. The number of carbonyl (C=O) groups excluding carboxylic acids is 2. The number of ether oxygens (including phenoxy) is 2. The van der Waals surface area contributed by atoms with Crippen LogP contribution in [0.4, 0.5) is 0 Å². The van der Waals surface area contributed by atoms with Gasteiger partial charge in [0.05, 0.1) is 13.7 Å². The molecule has 27 heavy (non-hydrogen) atoms. The number of amides is 1. The van der Waals surface area contributed by atoms with Gasteiger partial charge in [0, 0.05) is 19.0 Å². The first-order valence-corrected chi connectivity index (χ1v) is 8.91. The topological polar surface area (TPSA) is 55.8 Å². The van der Waals surface area contributed by atoms with Gasteiger partial charge in [-0.3, -0.25) is 9.59 Å². The third-order valence-electron chi connectivity index (χ3n) is 4.61. The fourth-order valence-electron chi connectivity index (χ4n) is 3.01. The summed E-state index contributed by atoms with van der Waals surface area (Å²) < 4.78 is 10.2. The molecule has 0 unspecified atom stereocenters. The van der Waals surface area contributed by atoms with Crippen molar-refractivity contribution in [2.75, 3.05) is 20.3 Å². The molecule has 0 spiro atoms. The number of carbonyl (C=O) groups is 2. The molecule has 0 aliphatic carbocycles. The van der Waals surface area contributed by atoms with Crippen LogP contribution in [0.5, 0.6) is 5.75 Å². The van der Waals surface area contributed by atoms with Crippen molar-refractivity contribution >= 4 is 18.0 Å². The van der Waals surface area contributed by atoms with Gasteiger partial charge in [0.15, 0.2) is 0 Å². The highest BCUT2D eigenvalue weighted by Crippen LogP contribution is 2.26. The van der Waals surface area contributed by atoms with E-state index in [4.69, 9.17) is 9.47 Å². The van der Waals surface area contributed by atoms with Crippen molar-refractivity contribution in [3.05, 3.63) is 70.8 Å². The molecule has 1 heterocycles. The summed E-state index contributed by atoms with van der Waals surface area (Å²) in [5.41, 5.74) is 4.15. The molecule has 140 valence electrons. The second kappa shape index (κ2) is 8.54. The van der Waals surface area contributed by atoms with Gasteiger partial charge >= 0.3 is 5.97 Å². The molecule has 1 aliphatic rings. The molecule has 0 radical (unpaired) electrons. The Morgan fingerprint density at radius 1 is 1.22 bits per heavy atom. The number of fused-ring (bicyclic) bond motifs is 1. The summed E-state index contributed by atoms with van der Waals surface area (Å²) in [4.78, 5) is 26.0. The van der Waals surface area contributed by atoms with Gasteiger partial charge in [0.1, 0.15) is 12.3 Å². The Morgan fingerprint density at radius 3 is 2.81 bits per heavy atom. The summed E-state index contributed by atoms with van der Waals surface area (Å²) in [5, 5.41) is 0. The van der Waals surface area contributed by atoms with Crippen molar-refractivity contribution in [1.29, 1.82) is 0 Å². The third kappa shape index (κ3) is 4.76. The number of nitrogens with zero attached hydrogens (tertiary/aromatic N) is 1. The average molecular weight is 365 g/mol. The number of rotatable bonds is 6. The lowest BCUT2D eigenvalue weighted by Crippen LogP contribution is -2.34. The molecular weight excluding hydrogens is 342 g/mol. The van der Waals surface area contributed by atoms with E-state index in [2.05, 4.69) is 0 Å². The maximum atomic E-state index is 12.7. The Balaban J connectivity index is 1.75. The van der Waals surface area contributed by atoms with E-state index in [1.807, 2.05) is 49.4 Å². The SMILES string of the molecule is COC(=O)CN(Cc1ccccc1C)C(=O)/C=C/c1ccc2c(c1)CCO2. The second-order valence-electron chi connectivity index (χ2n) is 6.50. The smallest absolute Gasteiger partial charge is 0.325 e. The van der Waals surface area contributed by atoms with E-state index in [0.717, 1.165) is 34.4 Å². The first-order chi connectivity index (χ1) is 13.1. The molecule has 0 saturated carbocycles. The summed E-state index contributed by atoms with van der Waals surface area (Å²) in [5.74, 6) is 0.228. The van der Waals surface area contributed by atoms with Gasteiger partial charge < -0.3 is 14.4 Å². The maximum absolute atomic E-state index is 12.7. The molecule has 0 bridgehead atoms. The first-order valence-electron chi connectivity index (χ1n) is 8.91. The largest absolute Gasteiger partial charge is 0.493 e. The summed E-state index contributed by atoms with van der Waals surface area (Å²) in [6, 6.07) is 13.7. The van der Waals surface area contributed by atoms with Gasteiger partial charge in [0.2, 0.25) is 5.91 Å². The fourth-order valence-corrected chi connectivity index (χ4v) is 3.01. The average Bonchev–Trinajstić information content (AvgIpc) is 3.14. The molecule has 0 saturated heterocycles. The quantitative estimate of drug-likeness (QED) is 0.583. The van der Waals surface area contributed by atoms with Crippen LogP contribution in [0.1, 0.15) is 22.3 Å². The number of hydrogen-bond donors (Lipinski definition) is 0. The molecule has 1 amide bonds. The zero-order valence-electron chi connectivity index (χ0n) is 15.6. The maximum Gasteiger partial charge on any atom is 0.325 e. The van der Waals surface area contributed by atoms with Crippen molar-refractivity contribution < 1.29 is 19.1 Å². The van der Waals surface area contributed by atoms with Gasteiger partial charge in [-0.1, -0.05) is 30.3 Å². The Bertz CT molecular complexity index is 872. The summed E-state index contributed by atoms with van der Waals surface area (Å²) >= 11 is 0. The van der Waals surface area contributed by atoms with Gasteiger partial charge in [-0.05, 0) is 47.4 Å². The van der Waals surface area contributed by atoms with Crippen LogP contribution < -0.4 is 4.74 Å². The van der Waals surface area contributed by atoms with Crippen LogP contribution >= 0.6 is 0 Å². The Hall–Kier alpha value is -3.08. The monoisotopic (exact) mass is 365 g/mol. The standard InChI is InChI=1S/C22H23NO4/c1-16-5-3-4-6-19(16)14-23(15-22(25)26-2)21(24)10-8-17-7-9-20-18(13-17)11-12-27-20/h3-10,13H,11-12,14-15H2,1-2H3/b10-8+. The molecule has 2 aromatic carbocycles. The van der Waals surface area contributed by atoms with Crippen LogP contribution in [0.2, 0.25) is 0 Å². The molecule has 0 aromatic heterocycles. The van der Waals surface area contributed by atoms with Gasteiger partial charge in [-0.25, -0.2) is 0 Å². The molecule has 0 fully saturated rings. The molecule has 0 atom stereocenters. The van der Waals surface area contributed by atoms with E-state index in [0.29, 0.717) is 13.2 Å². The van der Waals surface area contributed by atoms with Crippen LogP contribution in [-0.2, 0) is 27.3 Å². The molecule has 1 aliphatic heterocycles. The Morgan fingerprint density at radius 2 is 2.04 bits per heavy atom. The fraction of sp³-hybridized carbons (Fsp3) is 0.273. The van der Waals surface area contributed by atoms with Crippen LogP contribution in [0, 0.1) is 6.92 Å². The second-order valence-corrected chi connectivity index (χ2v) is 6.50. The van der Waals surface area contributed by atoms with Crippen LogP contribution in [0.3, 0.4) is 0 Å². The van der Waals surface area contributed by atoms with Gasteiger partial charge in [-0.2, -0.15) is 0 Å². The lowest BCUT2D eigenvalue weighted by atomic mass is 10.1. The molecular formula is C22H23NO4. The first kappa shape index (κ1) is 18.7. The normalized spacial score (nSPS) is 12.5. The zero-order valence-corrected chi connectivity index (χ0v) is 15.6. The third-order valence-corrected chi connectivity index (χ3v) is 4.61. The lowest BCUT2D eigenvalue weighted by molar-refractivity contribution is -0.145. The minimum atomic E-state index is -0.444. The predicted molar refractivity (Wildman–Crippen MR) is 103 cm³/mol. The summed E-state index contributed by atoms with van der Waals surface area (Å²) in [6.07, 6.45) is 4.15. The van der Waals surface area contributed by atoms with Crippen LogP contribution in [0.15, 0.2) is 48.5 Å². The van der Waals surface area contributed by atoms with Gasteiger partial charge in [-0.15, -0.1) is 0 Å². The lowest BCUT2D eigenvalue weighted by Gasteiger charge is -2.21. The summed E-state index contributed by atoms with van der Waals surface area (Å²) in [6.45, 7) is 2.94. The van der Waals surface area contributed by atoms with E-state index < -0.39 is 5.97 Å². The highest BCUT2D eigenvalue weighted by Gasteiger charge is 2.17. The molecule has 2 aromatic rings. The molecule has 5 nitrogen and oxygen atoms in total. The number of methoxy groups -OCH3 is 1. The zero-order chi connectivity index (χ0) is 19.2. The molecule has 5 heteroatoms. The van der Waals surface area contributed by atoms with Crippen molar-refractivity contribution in [3.8, 4) is 5.75 Å². The van der Waals surface area contributed by atoms with Crippen molar-refractivity contribution in [1.82, 2.24) is 4.90 Å². The number of esters is 1. The van der Waals surface area contributed by atoms with E-state index in [1.54, 1.807) is 6.08 Å². The van der Waals surface area contributed by atoms with E-state index in [1.165, 1.54) is 18.1 Å². The Labute approximate surface area is 159 Å². The minimum absolute atomic E-state index is 0.0912. The van der Waals surface area contributed by atoms with Crippen molar-refractivity contribution in [3.63, 3.8) is 0 Å². The van der Waals surface area contributed by atoms with E-state index in [-0.39, 0.29) is 12.5 Å². The molecule has 3 rings (SSSR count). The number of aryl methyl sites for hydroxylation is 1. The highest BCUT2D eigenvalue weighted by atomic mass is 16.5.